The molecule has 0 bridgehead atoms. The van der Waals surface area contributed by atoms with Gasteiger partial charge in [-0.1, -0.05) is 72.8 Å². The van der Waals surface area contributed by atoms with Crippen molar-refractivity contribution in [3.63, 3.8) is 0 Å². The lowest BCUT2D eigenvalue weighted by Gasteiger charge is -2.34. The van der Waals surface area contributed by atoms with Crippen LogP contribution in [0.3, 0.4) is 0 Å². The van der Waals surface area contributed by atoms with Crippen LogP contribution in [-0.4, -0.2) is 52.2 Å². The van der Waals surface area contributed by atoms with E-state index < -0.39 is 0 Å². The molecule has 0 aliphatic carbocycles. The number of hydrogen-bond donors (Lipinski definition) is 0. The largest absolute Gasteiger partial charge is 0.369 e. The number of rotatable bonds is 4. The predicted octanol–water partition coefficient (Wildman–Crippen LogP) is 8.43. The third kappa shape index (κ3) is 8.61. The lowest BCUT2D eigenvalue weighted by atomic mass is 9.99. The Balaban J connectivity index is 0.000000150. The Bertz CT molecular complexity index is 1400. The maximum absolute atomic E-state index is 12.0. The number of anilines is 1. The Morgan fingerprint density at radius 3 is 1.93 bits per heavy atom. The van der Waals surface area contributed by atoms with Crippen LogP contribution >= 0.6 is 11.8 Å². The van der Waals surface area contributed by atoms with E-state index in [-0.39, 0.29) is 17.2 Å². The summed E-state index contributed by atoms with van der Waals surface area (Å²) < 4.78 is 0. The number of thioether (sulfide) groups is 1. The monoisotopic (exact) mass is 597 g/mol. The van der Waals surface area contributed by atoms with Gasteiger partial charge in [0.25, 0.3) is 11.1 Å². The zero-order valence-corrected chi connectivity index (χ0v) is 27.4. The van der Waals surface area contributed by atoms with Crippen molar-refractivity contribution in [3.8, 4) is 0 Å². The molecule has 0 spiro atoms. The molecule has 0 N–H and O–H groups in total. The first-order chi connectivity index (χ1) is 20.7. The van der Waals surface area contributed by atoms with Crippen LogP contribution in [0, 0.1) is 0 Å². The fourth-order valence-electron chi connectivity index (χ4n) is 5.68. The van der Waals surface area contributed by atoms with E-state index in [4.69, 9.17) is 0 Å². The second kappa shape index (κ2) is 15.4. The number of amides is 2. The molecule has 0 atom stereocenters. The van der Waals surface area contributed by atoms with Crippen LogP contribution in [-0.2, 0) is 24.2 Å². The van der Waals surface area contributed by atoms with Crippen molar-refractivity contribution in [2.24, 2.45) is 0 Å². The van der Waals surface area contributed by atoms with Gasteiger partial charge in [0.05, 0.1) is 4.91 Å². The highest BCUT2D eigenvalue weighted by molar-refractivity contribution is 8.18. The Morgan fingerprint density at radius 2 is 1.30 bits per heavy atom. The summed E-state index contributed by atoms with van der Waals surface area (Å²) in [6, 6.07) is 28.3. The number of carbonyl (C=O) groups excluding carboxylic acids is 2. The SMILES string of the molecule is CC(C)N1C(=O)S/C(=C/c2ccccc2)C1=O.CC(C)N1CCCc2ccccc21.CC(C)N1CCc2ccccc2C1. The molecule has 0 radical (unpaired) electrons. The summed E-state index contributed by atoms with van der Waals surface area (Å²) in [5, 5.41) is -0.188. The molecule has 1 saturated heterocycles. The number of fused-ring (bicyclic) bond motifs is 2. The van der Waals surface area contributed by atoms with Crippen molar-refractivity contribution in [1.82, 2.24) is 9.80 Å². The first-order valence-electron chi connectivity index (χ1n) is 15.6. The standard InChI is InChI=1S/C13H13NO2S.2C12H17N/c1-9(2)14-12(15)11(17-13(14)16)8-10-6-4-3-5-7-10;1-10(2)13-9-5-7-11-6-3-4-8-12(11)13;1-10(2)13-8-7-11-5-3-4-6-12(11)9-13/h3-9H,1-2H3;3-4,6,8,10H,5,7,9H2,1-2H3;3-6,10H,7-9H2,1-2H3/b11-8+;;. The second-order valence-electron chi connectivity index (χ2n) is 12.2. The number of nitrogens with zero attached hydrogens (tertiary/aromatic N) is 3. The van der Waals surface area contributed by atoms with Crippen LogP contribution in [0.1, 0.15) is 70.2 Å². The Kier molecular flexibility index (Phi) is 11.7. The van der Waals surface area contributed by atoms with Crippen molar-refractivity contribution in [2.45, 2.75) is 85.5 Å². The van der Waals surface area contributed by atoms with E-state index in [1.165, 1.54) is 54.1 Å². The van der Waals surface area contributed by atoms with Crippen LogP contribution in [0.4, 0.5) is 10.5 Å². The highest BCUT2D eigenvalue weighted by atomic mass is 32.2. The van der Waals surface area contributed by atoms with Gasteiger partial charge in [-0.15, -0.1) is 0 Å². The minimum Gasteiger partial charge on any atom is -0.369 e. The fourth-order valence-corrected chi connectivity index (χ4v) is 6.64. The maximum atomic E-state index is 12.0. The lowest BCUT2D eigenvalue weighted by molar-refractivity contribution is -0.123. The van der Waals surface area contributed by atoms with Gasteiger partial charge in [-0.3, -0.25) is 19.4 Å². The van der Waals surface area contributed by atoms with E-state index in [1.54, 1.807) is 11.6 Å². The number of imide groups is 1. The normalized spacial score (nSPS) is 17.5. The van der Waals surface area contributed by atoms with Crippen molar-refractivity contribution < 1.29 is 9.59 Å². The minimum atomic E-state index is -0.196. The summed E-state index contributed by atoms with van der Waals surface area (Å²) >= 11 is 1.00. The molecule has 3 heterocycles. The van der Waals surface area contributed by atoms with Gasteiger partial charge in [0.1, 0.15) is 0 Å². The van der Waals surface area contributed by atoms with Gasteiger partial charge in [0, 0.05) is 43.4 Å². The van der Waals surface area contributed by atoms with Crippen molar-refractivity contribution >= 4 is 34.7 Å². The van der Waals surface area contributed by atoms with E-state index in [9.17, 15) is 9.59 Å². The van der Waals surface area contributed by atoms with Gasteiger partial charge >= 0.3 is 0 Å². The van der Waals surface area contributed by atoms with E-state index in [2.05, 4.69) is 86.0 Å². The van der Waals surface area contributed by atoms with Crippen molar-refractivity contribution in [3.05, 3.63) is 106 Å². The molecule has 1 fully saturated rings. The molecule has 0 unspecified atom stereocenters. The Morgan fingerprint density at radius 1 is 0.674 bits per heavy atom. The average Bonchev–Trinajstić information content (AvgIpc) is 3.29. The highest BCUT2D eigenvalue weighted by Gasteiger charge is 2.36. The third-order valence-corrected chi connectivity index (χ3v) is 8.98. The van der Waals surface area contributed by atoms with Gasteiger partial charge in [0.2, 0.25) is 0 Å². The first kappa shape index (κ1) is 32.6. The molecule has 228 valence electrons. The summed E-state index contributed by atoms with van der Waals surface area (Å²) in [6.45, 7) is 16.3. The smallest absolute Gasteiger partial charge is 0.293 e. The third-order valence-electron chi connectivity index (χ3n) is 8.10. The molecule has 2 amide bonds. The molecule has 3 aromatic rings. The fraction of sp³-hybridized carbons (Fsp3) is 0.405. The van der Waals surface area contributed by atoms with Crippen molar-refractivity contribution in [2.75, 3.05) is 18.0 Å². The van der Waals surface area contributed by atoms with Crippen LogP contribution in [0.15, 0.2) is 83.8 Å². The Hall–Kier alpha value is -3.35. The molecule has 0 saturated carbocycles. The zero-order valence-electron chi connectivity index (χ0n) is 26.6. The van der Waals surface area contributed by atoms with Gasteiger partial charge in [-0.25, -0.2) is 0 Å². The summed E-state index contributed by atoms with van der Waals surface area (Å²) in [4.78, 5) is 30.4. The number of para-hydroxylation sites is 1. The number of benzene rings is 3. The molecule has 0 aromatic heterocycles. The quantitative estimate of drug-likeness (QED) is 0.283. The molecule has 5 nitrogen and oxygen atoms in total. The molecule has 3 aliphatic rings. The highest BCUT2D eigenvalue weighted by Crippen LogP contribution is 2.33. The average molecular weight is 598 g/mol. The molecule has 6 rings (SSSR count). The van der Waals surface area contributed by atoms with Crippen LogP contribution in [0.5, 0.6) is 0 Å². The predicted molar refractivity (Wildman–Crippen MR) is 182 cm³/mol. The molecular formula is C37H47N3O2S. The molecule has 6 heteroatoms. The summed E-state index contributed by atoms with van der Waals surface area (Å²) in [5.41, 5.74) is 6.95. The van der Waals surface area contributed by atoms with E-state index in [0.717, 1.165) is 23.9 Å². The van der Waals surface area contributed by atoms with E-state index in [1.807, 2.05) is 44.2 Å². The van der Waals surface area contributed by atoms with E-state index >= 15 is 0 Å². The minimum absolute atomic E-state index is 0.0934. The number of hydrogen-bond acceptors (Lipinski definition) is 5. The molecule has 3 aromatic carbocycles. The van der Waals surface area contributed by atoms with Crippen LogP contribution in [0.25, 0.3) is 6.08 Å². The topological polar surface area (TPSA) is 43.9 Å². The van der Waals surface area contributed by atoms with Crippen molar-refractivity contribution in [1.29, 1.82) is 0 Å². The summed E-state index contributed by atoms with van der Waals surface area (Å²) in [6.07, 6.45) is 5.52. The molecule has 3 aliphatic heterocycles. The van der Waals surface area contributed by atoms with Crippen LogP contribution < -0.4 is 4.90 Å². The van der Waals surface area contributed by atoms with Gasteiger partial charge in [-0.05, 0) is 107 Å². The van der Waals surface area contributed by atoms with Gasteiger partial charge in [-0.2, -0.15) is 0 Å². The second-order valence-corrected chi connectivity index (χ2v) is 13.2. The number of carbonyl (C=O) groups is 2. The van der Waals surface area contributed by atoms with Gasteiger partial charge in [0.15, 0.2) is 0 Å². The first-order valence-corrected chi connectivity index (χ1v) is 16.4. The maximum Gasteiger partial charge on any atom is 0.293 e. The summed E-state index contributed by atoms with van der Waals surface area (Å²) in [7, 11) is 0. The molecule has 43 heavy (non-hydrogen) atoms. The Labute approximate surface area is 263 Å². The van der Waals surface area contributed by atoms with Gasteiger partial charge < -0.3 is 4.90 Å². The number of aryl methyl sites for hydroxylation is 1. The zero-order chi connectivity index (χ0) is 30.9. The van der Waals surface area contributed by atoms with E-state index in [0.29, 0.717) is 17.0 Å². The van der Waals surface area contributed by atoms with Crippen LogP contribution in [0.2, 0.25) is 0 Å². The lowest BCUT2D eigenvalue weighted by Crippen LogP contribution is -2.35. The molecular weight excluding hydrogens is 550 g/mol. The summed E-state index contributed by atoms with van der Waals surface area (Å²) in [5.74, 6) is -0.196.